The van der Waals surface area contributed by atoms with Crippen molar-refractivity contribution < 1.29 is 19.6 Å². The fraction of sp³-hybridized carbons (Fsp3) is 0.652. The van der Waals surface area contributed by atoms with E-state index in [1.54, 1.807) is 6.08 Å². The maximum Gasteiger partial charge on any atom is 0.122 e. The minimum absolute atomic E-state index is 0.0541. The predicted octanol–water partition coefficient (Wildman–Crippen LogP) is 6.06. The Morgan fingerprint density at radius 1 is 1.04 bits per heavy atom. The molecule has 0 aliphatic rings. The number of hydrogen-bond donors (Lipinski definition) is 1. The van der Waals surface area contributed by atoms with Gasteiger partial charge in [0.2, 0.25) is 0 Å². The monoisotopic (exact) mass is 378 g/mol. The summed E-state index contributed by atoms with van der Waals surface area (Å²) in [6.07, 6.45) is 11.5. The van der Waals surface area contributed by atoms with Gasteiger partial charge in [-0.15, -0.1) is 6.58 Å². The summed E-state index contributed by atoms with van der Waals surface area (Å²) in [7, 11) is 0. The third-order valence-electron chi connectivity index (χ3n) is 4.87. The van der Waals surface area contributed by atoms with E-state index in [1.807, 2.05) is 19.1 Å². The van der Waals surface area contributed by atoms with Crippen LogP contribution in [-0.4, -0.2) is 31.2 Å². The van der Waals surface area contributed by atoms with E-state index in [0.717, 1.165) is 12.2 Å². The first-order valence-electron chi connectivity index (χ1n) is 10.4. The van der Waals surface area contributed by atoms with Crippen molar-refractivity contribution in [1.29, 1.82) is 0 Å². The molecule has 0 aromatic heterocycles. The van der Waals surface area contributed by atoms with Gasteiger partial charge in [0, 0.05) is 5.92 Å². The minimum atomic E-state index is -0.356. The van der Waals surface area contributed by atoms with Crippen LogP contribution in [0.15, 0.2) is 36.9 Å². The van der Waals surface area contributed by atoms with Crippen LogP contribution >= 0.6 is 0 Å². The molecule has 0 heterocycles. The number of aryl methyl sites for hydroxylation is 1. The molecule has 0 radical (unpaired) electrons. The first kappa shape index (κ1) is 23.7. The average molecular weight is 379 g/mol. The van der Waals surface area contributed by atoms with E-state index in [2.05, 4.69) is 30.5 Å². The van der Waals surface area contributed by atoms with Crippen LogP contribution in [0.3, 0.4) is 0 Å². The molecule has 1 aromatic carbocycles. The molecule has 2 atom stereocenters. The highest BCUT2D eigenvalue weighted by Gasteiger charge is 2.20. The highest BCUT2D eigenvalue weighted by Crippen LogP contribution is 2.22. The Balaban J connectivity index is 2.45. The van der Waals surface area contributed by atoms with Gasteiger partial charge in [0.05, 0.1) is 25.9 Å². The smallest absolute Gasteiger partial charge is 0.122 e. The Morgan fingerprint density at radius 2 is 1.74 bits per heavy atom. The summed E-state index contributed by atoms with van der Waals surface area (Å²) in [5.74, 6) is 0.865. The van der Waals surface area contributed by atoms with Crippen LogP contribution in [0, 0.1) is 5.92 Å². The van der Waals surface area contributed by atoms with Gasteiger partial charge in [-0.1, -0.05) is 69.7 Å². The van der Waals surface area contributed by atoms with Crippen LogP contribution in [0.25, 0.3) is 0 Å². The molecule has 0 saturated heterocycles. The molecule has 154 valence electrons. The van der Waals surface area contributed by atoms with Gasteiger partial charge in [-0.25, -0.2) is 4.89 Å². The van der Waals surface area contributed by atoms with Gasteiger partial charge in [-0.3, -0.25) is 5.26 Å². The topological polar surface area (TPSA) is 47.9 Å². The largest absolute Gasteiger partial charge is 0.493 e. The zero-order valence-electron chi connectivity index (χ0n) is 17.2. The second-order valence-electron chi connectivity index (χ2n) is 7.19. The molecule has 0 amide bonds. The van der Waals surface area contributed by atoms with Crippen molar-refractivity contribution in [2.75, 3.05) is 19.8 Å². The Bertz CT molecular complexity index is 489. The van der Waals surface area contributed by atoms with Crippen LogP contribution in [0.2, 0.25) is 0 Å². The second kappa shape index (κ2) is 15.7. The molecule has 1 rings (SSSR count). The van der Waals surface area contributed by atoms with E-state index in [-0.39, 0.29) is 12.0 Å². The lowest BCUT2D eigenvalue weighted by atomic mass is 10.0. The summed E-state index contributed by atoms with van der Waals surface area (Å²) in [5, 5.41) is 9.00. The number of unbranched alkanes of at least 4 members (excludes halogenated alkanes) is 6. The van der Waals surface area contributed by atoms with Crippen LogP contribution in [-0.2, 0) is 16.0 Å². The van der Waals surface area contributed by atoms with Gasteiger partial charge in [0.15, 0.2) is 0 Å². The van der Waals surface area contributed by atoms with Crippen molar-refractivity contribution in [2.24, 2.45) is 5.92 Å². The summed E-state index contributed by atoms with van der Waals surface area (Å²) < 4.78 is 11.6. The fourth-order valence-electron chi connectivity index (χ4n) is 3.03. The first-order chi connectivity index (χ1) is 13.2. The highest BCUT2D eigenvalue weighted by atomic mass is 17.1. The lowest BCUT2D eigenvalue weighted by Crippen LogP contribution is -2.30. The van der Waals surface area contributed by atoms with Gasteiger partial charge < -0.3 is 9.47 Å². The zero-order valence-corrected chi connectivity index (χ0v) is 17.2. The molecule has 4 heteroatoms. The van der Waals surface area contributed by atoms with Crippen molar-refractivity contribution in [3.8, 4) is 5.75 Å². The Morgan fingerprint density at radius 3 is 2.44 bits per heavy atom. The summed E-state index contributed by atoms with van der Waals surface area (Å²) in [5.41, 5.74) is 1.24. The standard InChI is InChI=1S/C23H38O4/c1-4-6-7-8-9-10-11-14-21-15-12-13-16-23(21)26-19-22(20(3)27-24)18-25-17-5-2/h5,12-13,15-16,20,22,24H,2,4,6-11,14,17-19H2,1,3H3. The van der Waals surface area contributed by atoms with E-state index in [4.69, 9.17) is 14.7 Å². The number of hydrogen-bond acceptors (Lipinski definition) is 4. The minimum Gasteiger partial charge on any atom is -0.493 e. The summed E-state index contributed by atoms with van der Waals surface area (Å²) in [4.78, 5) is 4.50. The molecule has 27 heavy (non-hydrogen) atoms. The number of benzene rings is 1. The Labute approximate surface area is 165 Å². The quantitative estimate of drug-likeness (QED) is 0.155. The van der Waals surface area contributed by atoms with Crippen LogP contribution in [0.1, 0.15) is 64.4 Å². The van der Waals surface area contributed by atoms with Crippen LogP contribution in [0.5, 0.6) is 5.75 Å². The van der Waals surface area contributed by atoms with Gasteiger partial charge in [0.25, 0.3) is 0 Å². The molecular weight excluding hydrogens is 340 g/mol. The Kier molecular flexibility index (Phi) is 13.7. The Hall–Kier alpha value is -1.36. The summed E-state index contributed by atoms with van der Waals surface area (Å²) in [6.45, 7) is 9.08. The third kappa shape index (κ3) is 10.5. The predicted molar refractivity (Wildman–Crippen MR) is 111 cm³/mol. The molecule has 1 N–H and O–H groups in total. The molecule has 2 unspecified atom stereocenters. The van der Waals surface area contributed by atoms with Gasteiger partial charge in [-0.05, 0) is 31.4 Å². The number of ether oxygens (including phenoxy) is 2. The van der Waals surface area contributed by atoms with Crippen molar-refractivity contribution >= 4 is 0 Å². The molecular formula is C23H38O4. The maximum absolute atomic E-state index is 9.00. The van der Waals surface area contributed by atoms with E-state index >= 15 is 0 Å². The molecule has 0 aliphatic heterocycles. The molecule has 0 bridgehead atoms. The highest BCUT2D eigenvalue weighted by molar-refractivity contribution is 5.33. The van der Waals surface area contributed by atoms with Gasteiger partial charge in [0.1, 0.15) is 5.75 Å². The summed E-state index contributed by atoms with van der Waals surface area (Å²) in [6, 6.07) is 8.22. The third-order valence-corrected chi connectivity index (χ3v) is 4.87. The molecule has 0 fully saturated rings. The van der Waals surface area contributed by atoms with Gasteiger partial charge >= 0.3 is 0 Å². The second-order valence-corrected chi connectivity index (χ2v) is 7.19. The van der Waals surface area contributed by atoms with E-state index in [1.165, 1.54) is 50.5 Å². The molecule has 0 saturated carbocycles. The number of rotatable bonds is 17. The molecule has 0 spiro atoms. The van der Waals surface area contributed by atoms with E-state index in [9.17, 15) is 0 Å². The van der Waals surface area contributed by atoms with Crippen molar-refractivity contribution in [2.45, 2.75) is 71.3 Å². The first-order valence-corrected chi connectivity index (χ1v) is 10.4. The lowest BCUT2D eigenvalue weighted by molar-refractivity contribution is -0.289. The fourth-order valence-corrected chi connectivity index (χ4v) is 3.03. The van der Waals surface area contributed by atoms with E-state index in [0.29, 0.717) is 19.8 Å². The molecule has 0 aliphatic carbocycles. The van der Waals surface area contributed by atoms with Crippen molar-refractivity contribution in [1.82, 2.24) is 0 Å². The normalized spacial score (nSPS) is 13.3. The van der Waals surface area contributed by atoms with Crippen molar-refractivity contribution in [3.63, 3.8) is 0 Å². The molecule has 1 aromatic rings. The van der Waals surface area contributed by atoms with Crippen molar-refractivity contribution in [3.05, 3.63) is 42.5 Å². The molecule has 4 nitrogen and oxygen atoms in total. The van der Waals surface area contributed by atoms with Crippen LogP contribution in [0.4, 0.5) is 0 Å². The maximum atomic E-state index is 9.00. The van der Waals surface area contributed by atoms with E-state index < -0.39 is 0 Å². The average Bonchev–Trinajstić information content (AvgIpc) is 2.70. The lowest BCUT2D eigenvalue weighted by Gasteiger charge is -2.22. The number of para-hydroxylation sites is 1. The van der Waals surface area contributed by atoms with Gasteiger partial charge in [-0.2, -0.15) is 0 Å². The van der Waals surface area contributed by atoms with Crippen LogP contribution < -0.4 is 4.74 Å². The summed E-state index contributed by atoms with van der Waals surface area (Å²) >= 11 is 0. The SMILES string of the molecule is C=CCOCC(COc1ccccc1CCCCCCCCC)C(C)OO. The zero-order chi connectivity index (χ0) is 19.7.